The largest absolute Gasteiger partial charge is 0.381 e. The highest BCUT2D eigenvalue weighted by molar-refractivity contribution is 5.94. The van der Waals surface area contributed by atoms with Crippen LogP contribution in [0.5, 0.6) is 0 Å². The molecule has 0 aliphatic carbocycles. The molecule has 0 bridgehead atoms. The van der Waals surface area contributed by atoms with Gasteiger partial charge in [0.05, 0.1) is 18.1 Å². The van der Waals surface area contributed by atoms with Crippen molar-refractivity contribution in [1.29, 1.82) is 0 Å². The number of ether oxygens (including phenoxy) is 1. The number of hydrogen-bond acceptors (Lipinski definition) is 6. The first-order valence-electron chi connectivity index (χ1n) is 10.7. The van der Waals surface area contributed by atoms with Crippen LogP contribution in [0.1, 0.15) is 48.9 Å². The number of carbonyl (C=O) groups excluding carboxylic acids is 1. The summed E-state index contributed by atoms with van der Waals surface area (Å²) >= 11 is 0. The predicted octanol–water partition coefficient (Wildman–Crippen LogP) is 4.44. The average Bonchev–Trinajstić information content (AvgIpc) is 3.17. The van der Waals surface area contributed by atoms with E-state index in [4.69, 9.17) is 4.74 Å². The van der Waals surface area contributed by atoms with E-state index in [1.807, 2.05) is 25.3 Å². The minimum Gasteiger partial charge on any atom is -0.381 e. The summed E-state index contributed by atoms with van der Waals surface area (Å²) in [6.45, 7) is 7.08. The molecule has 0 saturated carbocycles. The highest BCUT2D eigenvalue weighted by Crippen LogP contribution is 2.31. The van der Waals surface area contributed by atoms with E-state index in [-0.39, 0.29) is 42.0 Å². The molecule has 0 spiro atoms. The Morgan fingerprint density at radius 2 is 1.85 bits per heavy atom. The van der Waals surface area contributed by atoms with E-state index in [2.05, 4.69) is 25.6 Å². The Morgan fingerprint density at radius 1 is 1.15 bits per heavy atom. The number of hydrogen-bond donors (Lipinski definition) is 2. The molecule has 4 rings (SSSR count). The number of benzene rings is 1. The van der Waals surface area contributed by atoms with E-state index < -0.39 is 5.82 Å². The van der Waals surface area contributed by atoms with Gasteiger partial charge in [-0.05, 0) is 57.9 Å². The van der Waals surface area contributed by atoms with Crippen molar-refractivity contribution in [3.8, 4) is 11.4 Å². The number of nitrogens with one attached hydrogen (secondary N) is 2. The first-order valence-corrected chi connectivity index (χ1v) is 10.7. The molecule has 1 fully saturated rings. The van der Waals surface area contributed by atoms with Gasteiger partial charge in [0.2, 0.25) is 5.95 Å². The number of rotatable bonds is 6. The summed E-state index contributed by atoms with van der Waals surface area (Å²) < 4.78 is 22.2. The van der Waals surface area contributed by atoms with Crippen molar-refractivity contribution >= 4 is 29.9 Å². The summed E-state index contributed by atoms with van der Waals surface area (Å²) in [4.78, 5) is 25.0. The number of halogens is 2. The zero-order valence-corrected chi connectivity index (χ0v) is 19.7. The third kappa shape index (κ3) is 5.66. The first kappa shape index (κ1) is 24.6. The topological polar surface area (TPSA) is 94.0 Å². The van der Waals surface area contributed by atoms with Gasteiger partial charge in [0.1, 0.15) is 11.5 Å². The molecule has 1 aliphatic heterocycles. The molecule has 0 atom stereocenters. The molecule has 1 aromatic carbocycles. The lowest BCUT2D eigenvalue weighted by atomic mass is 10.1. The standard InChI is InChI=1S/C23H27FN6O2.ClH/c1-14(2)27-22(31)16-4-6-17(7-5-16)28-23-26-12-19(24)21(29-23)20-13-25-15(3)30(20)18-8-10-32-11-9-18;/h4-7,12-14,18H,8-11H2,1-3H3,(H,27,31)(H,26,28,29);1H. The molecule has 33 heavy (non-hydrogen) atoms. The van der Waals surface area contributed by atoms with E-state index in [1.165, 1.54) is 0 Å². The van der Waals surface area contributed by atoms with Crippen molar-refractivity contribution in [3.05, 3.63) is 53.9 Å². The molecule has 3 aromatic rings. The molecule has 1 saturated heterocycles. The van der Waals surface area contributed by atoms with Crippen LogP contribution in [0.4, 0.5) is 16.0 Å². The van der Waals surface area contributed by atoms with Crippen molar-refractivity contribution in [2.24, 2.45) is 0 Å². The molecule has 0 radical (unpaired) electrons. The van der Waals surface area contributed by atoms with E-state index in [9.17, 15) is 9.18 Å². The fourth-order valence-electron chi connectivity index (χ4n) is 3.82. The smallest absolute Gasteiger partial charge is 0.251 e. The Hall–Kier alpha value is -3.04. The van der Waals surface area contributed by atoms with Crippen LogP contribution >= 0.6 is 12.4 Å². The van der Waals surface area contributed by atoms with Gasteiger partial charge in [-0.1, -0.05) is 0 Å². The number of aryl methyl sites for hydroxylation is 1. The Morgan fingerprint density at radius 3 is 2.52 bits per heavy atom. The van der Waals surface area contributed by atoms with Crippen LogP contribution in [-0.4, -0.2) is 44.7 Å². The molecular weight excluding hydrogens is 447 g/mol. The molecule has 8 nitrogen and oxygen atoms in total. The van der Waals surface area contributed by atoms with Gasteiger partial charge in [-0.3, -0.25) is 4.79 Å². The van der Waals surface area contributed by atoms with Gasteiger partial charge >= 0.3 is 0 Å². The van der Waals surface area contributed by atoms with Gasteiger partial charge in [-0.2, -0.15) is 0 Å². The fraction of sp³-hybridized carbons (Fsp3) is 0.391. The van der Waals surface area contributed by atoms with Crippen LogP contribution in [0.15, 0.2) is 36.7 Å². The van der Waals surface area contributed by atoms with Crippen molar-refractivity contribution < 1.29 is 13.9 Å². The van der Waals surface area contributed by atoms with Gasteiger partial charge in [0.15, 0.2) is 5.82 Å². The summed E-state index contributed by atoms with van der Waals surface area (Å²) in [5.41, 5.74) is 2.07. The summed E-state index contributed by atoms with van der Waals surface area (Å²) in [5.74, 6) is 0.431. The fourth-order valence-corrected chi connectivity index (χ4v) is 3.82. The van der Waals surface area contributed by atoms with Gasteiger partial charge < -0.3 is 19.9 Å². The van der Waals surface area contributed by atoms with Crippen molar-refractivity contribution in [2.75, 3.05) is 18.5 Å². The summed E-state index contributed by atoms with van der Waals surface area (Å²) in [6, 6.07) is 7.21. The lowest BCUT2D eigenvalue weighted by molar-refractivity contribution is 0.0694. The average molecular weight is 475 g/mol. The van der Waals surface area contributed by atoms with Crippen LogP contribution in [-0.2, 0) is 4.74 Å². The van der Waals surface area contributed by atoms with E-state index in [1.54, 1.807) is 30.5 Å². The number of amides is 1. The predicted molar refractivity (Wildman–Crippen MR) is 127 cm³/mol. The van der Waals surface area contributed by atoms with Crippen molar-refractivity contribution in [2.45, 2.75) is 45.7 Å². The first-order chi connectivity index (χ1) is 15.4. The molecule has 1 amide bonds. The number of imidazole rings is 1. The zero-order valence-electron chi connectivity index (χ0n) is 18.8. The maximum Gasteiger partial charge on any atom is 0.251 e. The Balaban J connectivity index is 0.00000306. The van der Waals surface area contributed by atoms with Crippen molar-refractivity contribution in [1.82, 2.24) is 24.8 Å². The van der Waals surface area contributed by atoms with Gasteiger partial charge in [-0.25, -0.2) is 19.3 Å². The SMILES string of the molecule is Cc1ncc(-c2nc(Nc3ccc(C(=O)NC(C)C)cc3)ncc2F)n1C1CCOCC1.Cl. The molecule has 10 heteroatoms. The lowest BCUT2D eigenvalue weighted by Crippen LogP contribution is -2.29. The van der Waals surface area contributed by atoms with Gasteiger partial charge in [0, 0.05) is 36.5 Å². The summed E-state index contributed by atoms with van der Waals surface area (Å²) in [6.07, 6.45) is 4.51. The maximum absolute atomic E-state index is 14.7. The van der Waals surface area contributed by atoms with Crippen LogP contribution in [0.3, 0.4) is 0 Å². The second-order valence-electron chi connectivity index (χ2n) is 8.12. The maximum atomic E-state index is 14.7. The highest BCUT2D eigenvalue weighted by atomic mass is 35.5. The van der Waals surface area contributed by atoms with E-state index in [0.717, 1.165) is 24.9 Å². The van der Waals surface area contributed by atoms with Crippen molar-refractivity contribution in [3.63, 3.8) is 0 Å². The number of nitrogens with zero attached hydrogens (tertiary/aromatic N) is 4. The number of aromatic nitrogens is 4. The summed E-state index contributed by atoms with van der Waals surface area (Å²) in [5, 5.41) is 5.94. The van der Waals surface area contributed by atoms with Crippen LogP contribution in [0.25, 0.3) is 11.4 Å². The quantitative estimate of drug-likeness (QED) is 0.548. The Kier molecular flexibility index (Phi) is 7.99. The molecule has 1 aliphatic rings. The Bertz CT molecular complexity index is 1100. The molecule has 2 aromatic heterocycles. The molecule has 2 N–H and O–H groups in total. The van der Waals surface area contributed by atoms with E-state index in [0.29, 0.717) is 30.2 Å². The second kappa shape index (κ2) is 10.7. The summed E-state index contributed by atoms with van der Waals surface area (Å²) in [7, 11) is 0. The van der Waals surface area contributed by atoms with Crippen LogP contribution in [0, 0.1) is 12.7 Å². The zero-order chi connectivity index (χ0) is 22.7. The second-order valence-corrected chi connectivity index (χ2v) is 8.12. The minimum absolute atomic E-state index is 0. The van der Waals surface area contributed by atoms with Crippen LogP contribution in [0.2, 0.25) is 0 Å². The highest BCUT2D eigenvalue weighted by Gasteiger charge is 2.23. The van der Waals surface area contributed by atoms with Gasteiger partial charge in [-0.15, -0.1) is 12.4 Å². The molecular formula is C23H28ClFN6O2. The van der Waals surface area contributed by atoms with Gasteiger partial charge in [0.25, 0.3) is 5.91 Å². The third-order valence-electron chi connectivity index (χ3n) is 5.35. The normalized spacial score (nSPS) is 14.1. The molecule has 176 valence electrons. The Labute approximate surface area is 198 Å². The van der Waals surface area contributed by atoms with Crippen LogP contribution < -0.4 is 10.6 Å². The molecule has 0 unspecified atom stereocenters. The van der Waals surface area contributed by atoms with E-state index >= 15 is 0 Å². The molecule has 3 heterocycles. The number of anilines is 2. The number of carbonyl (C=O) groups is 1. The minimum atomic E-state index is -0.510. The monoisotopic (exact) mass is 474 g/mol. The third-order valence-corrected chi connectivity index (χ3v) is 5.35. The lowest BCUT2D eigenvalue weighted by Gasteiger charge is -2.26.